The highest BCUT2D eigenvalue weighted by Crippen LogP contribution is 2.75. The van der Waals surface area contributed by atoms with Crippen LogP contribution >= 0.6 is 0 Å². The van der Waals surface area contributed by atoms with Gasteiger partial charge in [0.25, 0.3) is 0 Å². The van der Waals surface area contributed by atoms with Crippen LogP contribution in [-0.2, 0) is 0 Å². The Labute approximate surface area is 123 Å². The van der Waals surface area contributed by atoms with Gasteiger partial charge in [-0.15, -0.1) is 0 Å². The van der Waals surface area contributed by atoms with Crippen molar-refractivity contribution in [3.05, 3.63) is 12.2 Å². The first kappa shape index (κ1) is 13.4. The van der Waals surface area contributed by atoms with Crippen LogP contribution in [0.3, 0.4) is 0 Å². The molecule has 4 rings (SSSR count). The molecule has 1 spiro atoms. The van der Waals surface area contributed by atoms with E-state index >= 15 is 0 Å². The lowest BCUT2D eigenvalue weighted by Crippen LogP contribution is -2.44. The number of aliphatic hydroxyl groups excluding tert-OH is 1. The van der Waals surface area contributed by atoms with E-state index in [4.69, 9.17) is 0 Å². The quantitative estimate of drug-likeness (QED) is 0.702. The molecule has 0 aromatic rings. The fourth-order valence-electron chi connectivity index (χ4n) is 7.71. The van der Waals surface area contributed by atoms with Gasteiger partial charge in [-0.3, -0.25) is 0 Å². The summed E-state index contributed by atoms with van der Waals surface area (Å²) in [6, 6.07) is 0. The first-order valence-electron chi connectivity index (χ1n) is 8.84. The highest BCUT2D eigenvalue weighted by Gasteiger charge is 2.69. The second-order valence-electron chi connectivity index (χ2n) is 8.67. The van der Waals surface area contributed by atoms with Crippen molar-refractivity contribution in [2.75, 3.05) is 6.61 Å². The summed E-state index contributed by atoms with van der Waals surface area (Å²) in [5.74, 6) is 3.93. The minimum absolute atomic E-state index is 0.257. The van der Waals surface area contributed by atoms with Crippen molar-refractivity contribution < 1.29 is 5.11 Å². The Morgan fingerprint density at radius 3 is 2.80 bits per heavy atom. The van der Waals surface area contributed by atoms with Crippen LogP contribution < -0.4 is 0 Å². The second-order valence-corrected chi connectivity index (χ2v) is 8.67. The van der Waals surface area contributed by atoms with Gasteiger partial charge in [0, 0.05) is 12.0 Å². The average molecular weight is 274 g/mol. The number of rotatable bonds is 1. The lowest BCUT2D eigenvalue weighted by molar-refractivity contribution is -0.0396. The van der Waals surface area contributed by atoms with Crippen molar-refractivity contribution in [3.8, 4) is 0 Å². The Kier molecular flexibility index (Phi) is 2.76. The molecule has 0 aliphatic heterocycles. The van der Waals surface area contributed by atoms with Crippen molar-refractivity contribution >= 4 is 0 Å². The SMILES string of the molecule is C=C1C[C@]23C[C@H]1CC[C@H]2[C@]1(CO)CCC[C@H](C)[C@H]1[C@@H]3C. The van der Waals surface area contributed by atoms with E-state index in [2.05, 4.69) is 20.4 Å². The minimum Gasteiger partial charge on any atom is -0.396 e. The van der Waals surface area contributed by atoms with Gasteiger partial charge in [0.1, 0.15) is 0 Å². The number of hydrogen-bond acceptors (Lipinski definition) is 1. The summed E-state index contributed by atoms with van der Waals surface area (Å²) in [4.78, 5) is 0. The molecule has 20 heavy (non-hydrogen) atoms. The largest absolute Gasteiger partial charge is 0.396 e. The molecule has 4 aliphatic carbocycles. The molecular weight excluding hydrogens is 244 g/mol. The summed E-state index contributed by atoms with van der Waals surface area (Å²) in [6.07, 6.45) is 9.37. The van der Waals surface area contributed by atoms with Crippen LogP contribution in [0, 0.1) is 40.4 Å². The maximum Gasteiger partial charge on any atom is 0.0493 e. The van der Waals surface area contributed by atoms with Crippen LogP contribution in [0.1, 0.15) is 58.8 Å². The standard InChI is InChI=1S/C19H30O/c1-12-5-4-8-18(11-20)16-7-6-15-10-19(16,9-13(15)2)14(3)17(12)18/h12,14-17,20H,2,4-11H2,1,3H3/t12-,14-,15+,16-,17-,18+,19+/m0/s1. The number of fused-ring (bicyclic) bond motifs is 3. The Morgan fingerprint density at radius 2 is 2.05 bits per heavy atom. The molecule has 1 heteroatoms. The van der Waals surface area contributed by atoms with Gasteiger partial charge >= 0.3 is 0 Å². The third-order valence-corrected chi connectivity index (χ3v) is 8.27. The maximum atomic E-state index is 10.4. The molecule has 4 aliphatic rings. The predicted octanol–water partition coefficient (Wildman–Crippen LogP) is 4.41. The van der Waals surface area contributed by atoms with Crippen LogP contribution in [0.15, 0.2) is 12.2 Å². The fourth-order valence-corrected chi connectivity index (χ4v) is 7.71. The van der Waals surface area contributed by atoms with Gasteiger partial charge in [-0.1, -0.05) is 38.8 Å². The highest BCUT2D eigenvalue weighted by atomic mass is 16.3. The van der Waals surface area contributed by atoms with Crippen LogP contribution in [0.25, 0.3) is 0 Å². The second kappa shape index (κ2) is 4.12. The molecule has 7 atom stereocenters. The zero-order valence-electron chi connectivity index (χ0n) is 13.2. The van der Waals surface area contributed by atoms with Crippen molar-refractivity contribution in [3.63, 3.8) is 0 Å². The van der Waals surface area contributed by atoms with Crippen LogP contribution in [0.4, 0.5) is 0 Å². The lowest BCUT2D eigenvalue weighted by atomic mass is 9.57. The summed E-state index contributed by atoms with van der Waals surface area (Å²) in [7, 11) is 0. The zero-order valence-corrected chi connectivity index (χ0v) is 13.2. The fraction of sp³-hybridized carbons (Fsp3) is 0.895. The summed E-state index contributed by atoms with van der Waals surface area (Å²) in [6.45, 7) is 9.83. The van der Waals surface area contributed by atoms with Gasteiger partial charge in [-0.05, 0) is 67.1 Å². The number of aliphatic hydroxyl groups is 1. The lowest BCUT2D eigenvalue weighted by Gasteiger charge is -2.48. The van der Waals surface area contributed by atoms with Gasteiger partial charge < -0.3 is 5.11 Å². The van der Waals surface area contributed by atoms with Crippen molar-refractivity contribution in [2.45, 2.75) is 58.8 Å². The van der Waals surface area contributed by atoms with E-state index in [0.29, 0.717) is 12.0 Å². The molecule has 0 aromatic heterocycles. The molecule has 0 radical (unpaired) electrons. The summed E-state index contributed by atoms with van der Waals surface area (Å²) in [5.41, 5.74) is 2.30. The molecule has 4 fully saturated rings. The molecule has 1 nitrogen and oxygen atoms in total. The highest BCUT2D eigenvalue weighted by molar-refractivity contribution is 5.25. The molecule has 112 valence electrons. The van der Waals surface area contributed by atoms with Gasteiger partial charge in [-0.25, -0.2) is 0 Å². The molecule has 4 saturated carbocycles. The Balaban J connectivity index is 1.84. The Morgan fingerprint density at radius 1 is 1.25 bits per heavy atom. The van der Waals surface area contributed by atoms with Gasteiger partial charge in [0.05, 0.1) is 0 Å². The average Bonchev–Trinajstić information content (AvgIpc) is 2.82. The topological polar surface area (TPSA) is 20.2 Å². The zero-order chi connectivity index (χ0) is 14.1. The summed E-state index contributed by atoms with van der Waals surface area (Å²) in [5, 5.41) is 10.4. The van der Waals surface area contributed by atoms with E-state index in [1.54, 1.807) is 5.57 Å². The molecular formula is C19H30O. The molecule has 0 unspecified atom stereocenters. The van der Waals surface area contributed by atoms with Crippen molar-refractivity contribution in [1.82, 2.24) is 0 Å². The monoisotopic (exact) mass is 274 g/mol. The van der Waals surface area contributed by atoms with E-state index in [0.717, 1.165) is 29.6 Å². The Hall–Kier alpha value is -0.300. The van der Waals surface area contributed by atoms with Gasteiger partial charge in [0.2, 0.25) is 0 Å². The normalized spacial score (nSPS) is 57.5. The van der Waals surface area contributed by atoms with Gasteiger partial charge in [-0.2, -0.15) is 0 Å². The third kappa shape index (κ3) is 1.34. The maximum absolute atomic E-state index is 10.4. The molecule has 0 saturated heterocycles. The molecule has 0 heterocycles. The van der Waals surface area contributed by atoms with E-state index in [-0.39, 0.29) is 5.41 Å². The first-order chi connectivity index (χ1) is 9.55. The summed E-state index contributed by atoms with van der Waals surface area (Å²) < 4.78 is 0. The van der Waals surface area contributed by atoms with E-state index in [1.807, 2.05) is 0 Å². The van der Waals surface area contributed by atoms with Crippen molar-refractivity contribution in [2.24, 2.45) is 40.4 Å². The van der Waals surface area contributed by atoms with E-state index in [9.17, 15) is 5.11 Å². The Bertz CT molecular complexity index is 441. The van der Waals surface area contributed by atoms with Crippen LogP contribution in [0.5, 0.6) is 0 Å². The molecule has 0 aromatic carbocycles. The van der Waals surface area contributed by atoms with Gasteiger partial charge in [0.15, 0.2) is 0 Å². The number of hydrogen-bond donors (Lipinski definition) is 1. The predicted molar refractivity (Wildman–Crippen MR) is 82.2 cm³/mol. The van der Waals surface area contributed by atoms with Crippen LogP contribution in [-0.4, -0.2) is 11.7 Å². The minimum atomic E-state index is 0.257. The summed E-state index contributed by atoms with van der Waals surface area (Å²) >= 11 is 0. The molecule has 1 N–H and O–H groups in total. The smallest absolute Gasteiger partial charge is 0.0493 e. The van der Waals surface area contributed by atoms with E-state index in [1.165, 1.54) is 44.9 Å². The first-order valence-corrected chi connectivity index (χ1v) is 8.84. The third-order valence-electron chi connectivity index (χ3n) is 8.27. The number of allylic oxidation sites excluding steroid dienone is 1. The van der Waals surface area contributed by atoms with E-state index < -0.39 is 0 Å². The van der Waals surface area contributed by atoms with Crippen molar-refractivity contribution in [1.29, 1.82) is 0 Å². The molecule has 0 amide bonds. The molecule has 2 bridgehead atoms. The van der Waals surface area contributed by atoms with Crippen LogP contribution in [0.2, 0.25) is 0 Å².